The van der Waals surface area contributed by atoms with Gasteiger partial charge in [-0.05, 0) is 75.7 Å². The minimum absolute atomic E-state index is 0.00560. The number of amides is 6. The fourth-order valence-corrected chi connectivity index (χ4v) is 7.57. The highest BCUT2D eigenvalue weighted by molar-refractivity contribution is 6.38. The van der Waals surface area contributed by atoms with Crippen LogP contribution in [0, 0.1) is 17.3 Å². The predicted octanol–water partition coefficient (Wildman–Crippen LogP) is 1.91. The van der Waals surface area contributed by atoms with Gasteiger partial charge in [-0.25, -0.2) is 9.97 Å². The maximum absolute atomic E-state index is 14.4. The van der Waals surface area contributed by atoms with Gasteiger partial charge in [0.2, 0.25) is 23.5 Å². The number of aromatic nitrogens is 2. The molecular weight excluding hydrogens is 718 g/mol. The summed E-state index contributed by atoms with van der Waals surface area (Å²) in [7, 11) is 0. The Kier molecular flexibility index (Phi) is 16.3. The van der Waals surface area contributed by atoms with Gasteiger partial charge in [-0.3, -0.25) is 33.6 Å². The highest BCUT2D eigenvalue weighted by atomic mass is 16.2. The van der Waals surface area contributed by atoms with Gasteiger partial charge >= 0.3 is 0 Å². The Bertz CT molecular complexity index is 1560. The minimum atomic E-state index is -1.08. The third-order valence-corrected chi connectivity index (χ3v) is 11.0. The lowest BCUT2D eigenvalue weighted by molar-refractivity contribution is -0.146. The molecule has 0 spiro atoms. The van der Waals surface area contributed by atoms with Crippen molar-refractivity contribution in [3.05, 3.63) is 23.8 Å². The van der Waals surface area contributed by atoms with Crippen LogP contribution in [0.15, 0.2) is 12.4 Å². The summed E-state index contributed by atoms with van der Waals surface area (Å²) in [6.07, 6.45) is 13.5. The number of hydrogen-bond acceptors (Lipinski definition) is 10. The molecule has 16 heteroatoms. The summed E-state index contributed by atoms with van der Waals surface area (Å²) in [6.45, 7) is 10.3. The first-order valence-electron chi connectivity index (χ1n) is 20.5. The van der Waals surface area contributed by atoms with Crippen molar-refractivity contribution in [1.82, 2.24) is 41.5 Å². The van der Waals surface area contributed by atoms with E-state index in [2.05, 4.69) is 36.6 Å². The van der Waals surface area contributed by atoms with Crippen LogP contribution in [0.25, 0.3) is 0 Å². The number of fused-ring (bicyclic) bond motifs is 1. The first-order chi connectivity index (χ1) is 26.7. The summed E-state index contributed by atoms with van der Waals surface area (Å²) in [5.74, 6) is -4.06. The van der Waals surface area contributed by atoms with Crippen molar-refractivity contribution >= 4 is 41.2 Å². The van der Waals surface area contributed by atoms with Crippen molar-refractivity contribution in [3.63, 3.8) is 0 Å². The molecule has 1 aromatic heterocycles. The molecule has 7 N–H and O–H groups in total. The molecule has 1 saturated heterocycles. The van der Waals surface area contributed by atoms with E-state index < -0.39 is 70.8 Å². The second-order valence-electron chi connectivity index (χ2n) is 16.7. The average molecular weight is 782 g/mol. The zero-order chi connectivity index (χ0) is 41.0. The van der Waals surface area contributed by atoms with Crippen molar-refractivity contribution in [2.45, 2.75) is 148 Å². The van der Waals surface area contributed by atoms with Gasteiger partial charge in [0, 0.05) is 19.1 Å². The second kappa shape index (κ2) is 20.6. The summed E-state index contributed by atoms with van der Waals surface area (Å²) in [5.41, 5.74) is 4.70. The van der Waals surface area contributed by atoms with Gasteiger partial charge in [-0.2, -0.15) is 0 Å². The van der Waals surface area contributed by atoms with E-state index in [0.717, 1.165) is 70.6 Å². The highest BCUT2D eigenvalue weighted by Crippen LogP contribution is 2.43. The van der Waals surface area contributed by atoms with Gasteiger partial charge in [0.15, 0.2) is 0 Å². The van der Waals surface area contributed by atoms with Crippen molar-refractivity contribution < 1.29 is 33.6 Å². The number of likely N-dealkylation sites (tertiary alicyclic amines) is 1. The summed E-state index contributed by atoms with van der Waals surface area (Å²) in [5, 5.41) is 13.7. The van der Waals surface area contributed by atoms with E-state index in [0.29, 0.717) is 26.1 Å². The van der Waals surface area contributed by atoms with Gasteiger partial charge in [0.1, 0.15) is 29.5 Å². The number of hydrogen-bond donors (Lipinski definition) is 6. The third kappa shape index (κ3) is 12.3. The Morgan fingerprint density at radius 3 is 2.11 bits per heavy atom. The summed E-state index contributed by atoms with van der Waals surface area (Å²) in [6, 6.07) is -4.03. The van der Waals surface area contributed by atoms with Crippen LogP contribution < -0.4 is 32.3 Å². The van der Waals surface area contributed by atoms with E-state index in [9.17, 15) is 33.6 Å². The molecule has 1 aromatic rings. The highest BCUT2D eigenvalue weighted by Gasteiger charge is 2.52. The van der Waals surface area contributed by atoms with E-state index in [4.69, 9.17) is 5.73 Å². The van der Waals surface area contributed by atoms with Crippen LogP contribution in [-0.2, 0) is 24.0 Å². The lowest BCUT2D eigenvalue weighted by Gasteiger charge is -2.37. The van der Waals surface area contributed by atoms with E-state index in [1.807, 2.05) is 6.92 Å². The zero-order valence-corrected chi connectivity index (χ0v) is 33.8. The van der Waals surface area contributed by atoms with Gasteiger partial charge < -0.3 is 37.2 Å². The Morgan fingerprint density at radius 2 is 1.50 bits per heavy atom. The van der Waals surface area contributed by atoms with E-state index in [1.54, 1.807) is 20.8 Å². The zero-order valence-electron chi connectivity index (χ0n) is 33.8. The molecule has 3 aliphatic rings. The van der Waals surface area contributed by atoms with Crippen LogP contribution in [-0.4, -0.2) is 106 Å². The number of carbonyl (C=O) groups excluding carboxylic acids is 7. The first-order valence-corrected chi connectivity index (χ1v) is 20.5. The summed E-state index contributed by atoms with van der Waals surface area (Å²) < 4.78 is 0. The number of rotatable bonds is 21. The number of Topliss-reactive ketones (excluding diaryl/α,β-unsaturated/α-hetero) is 1. The van der Waals surface area contributed by atoms with Gasteiger partial charge in [0.25, 0.3) is 17.7 Å². The Morgan fingerprint density at radius 1 is 0.857 bits per heavy atom. The first kappa shape index (κ1) is 44.2. The number of nitrogens with two attached hydrogens (primary N) is 1. The van der Waals surface area contributed by atoms with Crippen LogP contribution in [0.2, 0.25) is 0 Å². The molecule has 310 valence electrons. The molecule has 2 heterocycles. The molecular formula is C40H63N9O7. The maximum atomic E-state index is 14.4. The molecule has 4 rings (SSSR count). The fourth-order valence-electron chi connectivity index (χ4n) is 7.57. The van der Waals surface area contributed by atoms with Crippen molar-refractivity contribution in [2.75, 3.05) is 19.6 Å². The largest absolute Gasteiger partial charge is 0.351 e. The van der Waals surface area contributed by atoms with Gasteiger partial charge in [0.05, 0.1) is 18.4 Å². The molecule has 2 saturated carbocycles. The smallest absolute Gasteiger partial charge is 0.289 e. The number of ketones is 1. The number of carbonyl (C=O) groups is 7. The van der Waals surface area contributed by atoms with E-state index >= 15 is 0 Å². The molecule has 2 aliphatic carbocycles. The fraction of sp³-hybridized carbons (Fsp3) is 0.725. The molecule has 56 heavy (non-hydrogen) atoms. The van der Waals surface area contributed by atoms with E-state index in [-0.39, 0.29) is 35.7 Å². The second-order valence-corrected chi connectivity index (χ2v) is 16.7. The molecule has 3 fully saturated rings. The maximum Gasteiger partial charge on any atom is 0.289 e. The van der Waals surface area contributed by atoms with Crippen LogP contribution in [0.4, 0.5) is 0 Å². The Balaban J connectivity index is 1.35. The normalized spacial score (nSPS) is 20.6. The van der Waals surface area contributed by atoms with Crippen molar-refractivity contribution in [2.24, 2.45) is 23.0 Å². The topological polar surface area (TPSA) is 235 Å². The molecule has 16 nitrogen and oxygen atoms in total. The van der Waals surface area contributed by atoms with Crippen LogP contribution in [0.1, 0.15) is 139 Å². The molecule has 6 amide bonds. The van der Waals surface area contributed by atoms with Gasteiger partial charge in [-0.1, -0.05) is 66.2 Å². The SMILES string of the molecule is CCC[C@H](NC(=O)[C@@H]1C2CCC[C@H]2CN1C(=O)[C@@H](NC(=O)[C@H](C)NC(=O)c1cnc(C(=O)NCCCCCCCCN)cn1)C(C)(C)C)C(=O)C(=O)NC1CC1. The Labute approximate surface area is 330 Å². The molecule has 0 aromatic carbocycles. The lowest BCUT2D eigenvalue weighted by Crippen LogP contribution is -2.61. The lowest BCUT2D eigenvalue weighted by atomic mass is 9.85. The predicted molar refractivity (Wildman–Crippen MR) is 209 cm³/mol. The van der Waals surface area contributed by atoms with Crippen molar-refractivity contribution in [3.8, 4) is 0 Å². The Hall–Kier alpha value is -4.47. The number of unbranched alkanes of at least 4 members (excludes halogenated alkanes) is 5. The van der Waals surface area contributed by atoms with Gasteiger partial charge in [-0.15, -0.1) is 0 Å². The average Bonchev–Trinajstić information content (AvgIpc) is 3.73. The van der Waals surface area contributed by atoms with Crippen molar-refractivity contribution in [1.29, 1.82) is 0 Å². The monoisotopic (exact) mass is 781 g/mol. The van der Waals surface area contributed by atoms with Crippen LogP contribution in [0.3, 0.4) is 0 Å². The van der Waals surface area contributed by atoms with E-state index in [1.165, 1.54) is 24.2 Å². The molecule has 0 bridgehead atoms. The molecule has 1 unspecified atom stereocenters. The third-order valence-electron chi connectivity index (χ3n) is 11.0. The molecule has 1 aliphatic heterocycles. The molecule has 0 radical (unpaired) electrons. The number of nitrogens with zero attached hydrogens (tertiary/aromatic N) is 3. The van der Waals surface area contributed by atoms with Crippen LogP contribution >= 0.6 is 0 Å². The standard InChI is InChI=1S/C40H63N9O7/c1-6-14-28(32(50)38(55)46-26-17-18-26)47-37(54)31-27-16-13-15-25(27)23-49(31)39(56)33(40(3,4)5)48-34(51)24(2)45-36(53)30-22-43-29(21-44-30)35(52)42-20-12-10-8-7-9-11-19-41/h21-22,24-28,31,33H,6-20,23,41H2,1-5H3,(H,42,52)(H,45,53)(H,46,55)(H,47,54)(H,48,51)/t24-,25-,27?,28-,31-,33+/m0/s1. The van der Waals surface area contributed by atoms with Crippen LogP contribution in [0.5, 0.6) is 0 Å². The quantitative estimate of drug-likeness (QED) is 0.0783. The summed E-state index contributed by atoms with van der Waals surface area (Å²) in [4.78, 5) is 103. The number of nitrogens with one attached hydrogen (secondary N) is 5. The summed E-state index contributed by atoms with van der Waals surface area (Å²) >= 11 is 0. The minimum Gasteiger partial charge on any atom is -0.351 e. The molecule has 6 atom stereocenters.